The van der Waals surface area contributed by atoms with Gasteiger partial charge in [-0.2, -0.15) is 0 Å². The van der Waals surface area contributed by atoms with Crippen molar-refractivity contribution in [2.45, 2.75) is 51.6 Å². The van der Waals surface area contributed by atoms with Crippen molar-refractivity contribution in [3.8, 4) is 0 Å². The molecular weight excluding hydrogens is 276 g/mol. The fraction of sp³-hybridized carbons (Fsp3) is 0.444. The lowest BCUT2D eigenvalue weighted by molar-refractivity contribution is -0.126. The Hall–Kier alpha value is -2.10. The Balaban J connectivity index is 1.95. The highest BCUT2D eigenvalue weighted by molar-refractivity contribution is 6.01. The molecule has 0 saturated carbocycles. The molecule has 0 radical (unpaired) electrons. The van der Waals surface area contributed by atoms with Gasteiger partial charge in [0.15, 0.2) is 0 Å². The van der Waals surface area contributed by atoms with Gasteiger partial charge in [-0.15, -0.1) is 0 Å². The molecule has 1 atom stereocenters. The number of piperidine rings is 1. The number of amides is 2. The second kappa shape index (κ2) is 4.97. The summed E-state index contributed by atoms with van der Waals surface area (Å²) in [5.74, 6) is -0.150. The molecule has 22 heavy (non-hydrogen) atoms. The maximum atomic E-state index is 12.7. The highest BCUT2D eigenvalue weighted by atomic mass is 16.2. The molecule has 1 saturated heterocycles. The van der Waals surface area contributed by atoms with E-state index in [1.54, 1.807) is 4.90 Å². The Bertz CT molecular complexity index is 670. The minimum absolute atomic E-state index is 0.0231. The van der Waals surface area contributed by atoms with Gasteiger partial charge in [-0.05, 0) is 35.4 Å². The third-order valence-electron chi connectivity index (χ3n) is 4.50. The van der Waals surface area contributed by atoms with Crippen molar-refractivity contribution in [1.82, 2.24) is 10.2 Å². The molecule has 1 aromatic rings. The molecule has 0 aromatic heterocycles. The normalized spacial score (nSPS) is 21.9. The molecule has 3 rings (SSSR count). The van der Waals surface area contributed by atoms with Gasteiger partial charge in [0.1, 0.15) is 6.04 Å². The molecule has 1 N–H and O–H groups in total. The van der Waals surface area contributed by atoms with Crippen molar-refractivity contribution < 1.29 is 9.59 Å². The fourth-order valence-electron chi connectivity index (χ4n) is 3.37. The lowest BCUT2D eigenvalue weighted by Gasteiger charge is -2.31. The van der Waals surface area contributed by atoms with Crippen molar-refractivity contribution in [3.05, 3.63) is 47.2 Å². The van der Waals surface area contributed by atoms with Crippen LogP contribution in [0.4, 0.5) is 0 Å². The molecule has 2 aliphatic heterocycles. The van der Waals surface area contributed by atoms with Crippen molar-refractivity contribution in [3.63, 3.8) is 0 Å². The third kappa shape index (κ3) is 2.32. The van der Waals surface area contributed by atoms with Crippen LogP contribution in [0, 0.1) is 0 Å². The molecule has 2 aliphatic rings. The third-order valence-corrected chi connectivity index (χ3v) is 4.50. The maximum Gasteiger partial charge on any atom is 0.255 e. The zero-order valence-corrected chi connectivity index (χ0v) is 13.4. The Morgan fingerprint density at radius 1 is 1.27 bits per heavy atom. The molecule has 0 bridgehead atoms. The molecule has 4 nitrogen and oxygen atoms in total. The van der Waals surface area contributed by atoms with E-state index >= 15 is 0 Å². The summed E-state index contributed by atoms with van der Waals surface area (Å²) in [7, 11) is 0. The van der Waals surface area contributed by atoms with Gasteiger partial charge in [0.05, 0.1) is 0 Å². The molecule has 0 spiro atoms. The number of carbonyl (C=O) groups excluding carboxylic acids is 2. The van der Waals surface area contributed by atoms with Crippen LogP contribution in [0.2, 0.25) is 0 Å². The monoisotopic (exact) mass is 298 g/mol. The Morgan fingerprint density at radius 2 is 2.00 bits per heavy atom. The lowest BCUT2D eigenvalue weighted by atomic mass is 9.83. The Labute approximate surface area is 131 Å². The summed E-state index contributed by atoms with van der Waals surface area (Å²) in [6.45, 7) is 10.8. The van der Waals surface area contributed by atoms with Gasteiger partial charge in [0.2, 0.25) is 5.91 Å². The van der Waals surface area contributed by atoms with Crippen LogP contribution >= 0.6 is 0 Å². The first-order chi connectivity index (χ1) is 10.3. The van der Waals surface area contributed by atoms with Crippen molar-refractivity contribution in [2.24, 2.45) is 0 Å². The molecule has 2 amide bonds. The van der Waals surface area contributed by atoms with Crippen LogP contribution in [0.1, 0.15) is 55.1 Å². The first-order valence-electron chi connectivity index (χ1n) is 7.71. The van der Waals surface area contributed by atoms with Crippen LogP contribution in [0.5, 0.6) is 0 Å². The van der Waals surface area contributed by atoms with E-state index in [4.69, 9.17) is 0 Å². The molecule has 116 valence electrons. The molecule has 2 heterocycles. The topological polar surface area (TPSA) is 49.4 Å². The minimum atomic E-state index is -0.391. The molecular formula is C18H22N2O2. The molecule has 1 aromatic carbocycles. The van der Waals surface area contributed by atoms with Crippen LogP contribution in [0.3, 0.4) is 0 Å². The number of carbonyl (C=O) groups is 2. The number of nitrogens with zero attached hydrogens (tertiary/aromatic N) is 1. The lowest BCUT2D eigenvalue weighted by Crippen LogP contribution is -2.49. The van der Waals surface area contributed by atoms with E-state index in [0.717, 1.165) is 23.2 Å². The Kier molecular flexibility index (Phi) is 3.35. The van der Waals surface area contributed by atoms with Crippen LogP contribution in [-0.4, -0.2) is 22.8 Å². The van der Waals surface area contributed by atoms with E-state index in [1.807, 2.05) is 12.1 Å². The van der Waals surface area contributed by atoms with Crippen LogP contribution in [0.25, 0.3) is 0 Å². The van der Waals surface area contributed by atoms with E-state index in [1.165, 1.54) is 5.56 Å². The number of hydrogen-bond acceptors (Lipinski definition) is 2. The second-order valence-corrected chi connectivity index (χ2v) is 7.16. The van der Waals surface area contributed by atoms with Crippen LogP contribution < -0.4 is 5.32 Å². The Morgan fingerprint density at radius 3 is 2.64 bits per heavy atom. The minimum Gasteiger partial charge on any atom is -0.329 e. The van der Waals surface area contributed by atoms with Crippen LogP contribution in [-0.2, 0) is 16.8 Å². The quantitative estimate of drug-likeness (QED) is 0.866. The van der Waals surface area contributed by atoms with E-state index in [2.05, 4.69) is 38.7 Å². The first-order valence-corrected chi connectivity index (χ1v) is 7.71. The van der Waals surface area contributed by atoms with Gasteiger partial charge < -0.3 is 10.2 Å². The summed E-state index contributed by atoms with van der Waals surface area (Å²) in [5.41, 5.74) is 3.70. The van der Waals surface area contributed by atoms with Crippen molar-refractivity contribution in [2.75, 3.05) is 0 Å². The fourth-order valence-corrected chi connectivity index (χ4v) is 3.37. The first kappa shape index (κ1) is 14.8. The van der Waals surface area contributed by atoms with E-state index in [0.29, 0.717) is 13.0 Å². The van der Waals surface area contributed by atoms with Gasteiger partial charge in [-0.25, -0.2) is 0 Å². The number of fused-ring (bicyclic) bond motifs is 1. The molecule has 1 unspecified atom stereocenters. The summed E-state index contributed by atoms with van der Waals surface area (Å²) in [4.78, 5) is 26.6. The van der Waals surface area contributed by atoms with Crippen LogP contribution in [0.15, 0.2) is 30.5 Å². The zero-order chi connectivity index (χ0) is 16.1. The van der Waals surface area contributed by atoms with E-state index in [-0.39, 0.29) is 17.2 Å². The van der Waals surface area contributed by atoms with Gasteiger partial charge in [0, 0.05) is 17.8 Å². The molecule has 1 fully saturated rings. The van der Waals surface area contributed by atoms with Gasteiger partial charge >= 0.3 is 0 Å². The van der Waals surface area contributed by atoms with Gasteiger partial charge in [-0.1, -0.05) is 39.5 Å². The van der Waals surface area contributed by atoms with E-state index in [9.17, 15) is 9.59 Å². The SMILES string of the molecule is C=C1CCC(N2Cc3c(cccc3C(C)(C)C)C2=O)C(=O)N1. The smallest absolute Gasteiger partial charge is 0.255 e. The maximum absolute atomic E-state index is 12.7. The van der Waals surface area contributed by atoms with Crippen molar-refractivity contribution in [1.29, 1.82) is 0 Å². The summed E-state index contributed by atoms with van der Waals surface area (Å²) >= 11 is 0. The highest BCUT2D eigenvalue weighted by Gasteiger charge is 2.39. The van der Waals surface area contributed by atoms with Crippen molar-refractivity contribution >= 4 is 11.8 Å². The summed E-state index contributed by atoms with van der Waals surface area (Å²) in [5, 5.41) is 2.77. The van der Waals surface area contributed by atoms with E-state index < -0.39 is 6.04 Å². The molecule has 4 heteroatoms. The second-order valence-electron chi connectivity index (χ2n) is 7.16. The number of hydrogen-bond donors (Lipinski definition) is 1. The summed E-state index contributed by atoms with van der Waals surface area (Å²) in [6, 6.07) is 5.49. The average Bonchev–Trinajstić information content (AvgIpc) is 2.75. The van der Waals surface area contributed by atoms with Gasteiger partial charge in [-0.3, -0.25) is 9.59 Å². The number of nitrogens with one attached hydrogen (secondary N) is 1. The van der Waals surface area contributed by atoms with Gasteiger partial charge in [0.25, 0.3) is 5.91 Å². The number of rotatable bonds is 1. The highest BCUT2D eigenvalue weighted by Crippen LogP contribution is 2.35. The molecule has 0 aliphatic carbocycles. The zero-order valence-electron chi connectivity index (χ0n) is 13.4. The standard InChI is InChI=1S/C18H22N2O2/c1-11-8-9-15(16(21)19-11)20-10-13-12(17(20)22)6-5-7-14(13)18(2,3)4/h5-7,15H,1,8-10H2,2-4H3,(H,19,21). The summed E-state index contributed by atoms with van der Waals surface area (Å²) in [6.07, 6.45) is 1.37. The predicted molar refractivity (Wildman–Crippen MR) is 85.3 cm³/mol. The predicted octanol–water partition coefficient (Wildman–Crippen LogP) is 2.73. The largest absolute Gasteiger partial charge is 0.329 e. The summed E-state index contributed by atoms with van der Waals surface area (Å²) < 4.78 is 0. The number of allylic oxidation sites excluding steroid dienone is 1. The average molecular weight is 298 g/mol. The number of benzene rings is 1.